The highest BCUT2D eigenvalue weighted by molar-refractivity contribution is 7.99. The first-order valence-electron chi connectivity index (χ1n) is 8.50. The zero-order chi connectivity index (χ0) is 19.7. The number of nitrogens with one attached hydrogen (secondary N) is 1. The second-order valence-electron chi connectivity index (χ2n) is 6.18. The van der Waals surface area contributed by atoms with E-state index in [1.165, 1.54) is 11.8 Å². The normalized spacial score (nSPS) is 12.2. The second-order valence-corrected chi connectivity index (χ2v) is 7.53. The van der Waals surface area contributed by atoms with Crippen molar-refractivity contribution < 1.29 is 14.3 Å². The van der Waals surface area contributed by atoms with Crippen LogP contribution >= 0.6 is 23.4 Å². The molecule has 4 rings (SSSR count). The molecule has 0 saturated heterocycles. The Morgan fingerprint density at radius 3 is 2.93 bits per heavy atom. The minimum atomic E-state index is -0.136. The third kappa shape index (κ3) is 3.65. The average Bonchev–Trinajstić information content (AvgIpc) is 3.29. The number of fused-ring (bicyclic) bond motifs is 1. The first kappa shape index (κ1) is 18.6. The fourth-order valence-electron chi connectivity index (χ4n) is 2.79. The van der Waals surface area contributed by atoms with Crippen molar-refractivity contribution in [1.29, 1.82) is 0 Å². The summed E-state index contributed by atoms with van der Waals surface area (Å²) in [7, 11) is 1.86. The highest BCUT2D eigenvalue weighted by Gasteiger charge is 2.18. The van der Waals surface area contributed by atoms with Crippen molar-refractivity contribution in [3.63, 3.8) is 0 Å². The number of nitrogens with zero attached hydrogens (tertiary/aromatic N) is 3. The molecule has 2 heterocycles. The molecule has 28 heavy (non-hydrogen) atoms. The number of halogens is 1. The lowest BCUT2D eigenvalue weighted by Crippen LogP contribution is -2.15. The Bertz CT molecular complexity index is 1050. The molecule has 144 valence electrons. The van der Waals surface area contributed by atoms with E-state index in [4.69, 9.17) is 21.1 Å². The quantitative estimate of drug-likeness (QED) is 0.635. The van der Waals surface area contributed by atoms with Crippen molar-refractivity contribution >= 4 is 35.0 Å². The van der Waals surface area contributed by atoms with Gasteiger partial charge in [0.2, 0.25) is 12.7 Å². The van der Waals surface area contributed by atoms with Crippen LogP contribution in [0, 0.1) is 6.92 Å². The molecule has 1 aromatic heterocycles. The Hall–Kier alpha value is -2.71. The Kier molecular flexibility index (Phi) is 5.15. The van der Waals surface area contributed by atoms with Crippen LogP contribution in [0.15, 0.2) is 41.6 Å². The van der Waals surface area contributed by atoms with Gasteiger partial charge in [-0.05, 0) is 42.8 Å². The van der Waals surface area contributed by atoms with E-state index in [9.17, 15) is 4.79 Å². The SMILES string of the molecule is Cc1c(Cl)cccc1NC(=O)CSc1nnc(-c2ccc3c(c2)OCO3)n1C. The maximum atomic E-state index is 12.3. The van der Waals surface area contributed by atoms with Crippen LogP contribution in [0.3, 0.4) is 0 Å². The van der Waals surface area contributed by atoms with E-state index in [0.29, 0.717) is 33.2 Å². The van der Waals surface area contributed by atoms with E-state index in [0.717, 1.165) is 11.1 Å². The van der Waals surface area contributed by atoms with Crippen molar-refractivity contribution in [3.8, 4) is 22.9 Å². The molecule has 0 unspecified atom stereocenters. The van der Waals surface area contributed by atoms with Gasteiger partial charge < -0.3 is 19.4 Å². The molecule has 1 amide bonds. The van der Waals surface area contributed by atoms with Gasteiger partial charge in [-0.2, -0.15) is 0 Å². The van der Waals surface area contributed by atoms with Crippen molar-refractivity contribution in [1.82, 2.24) is 14.8 Å². The monoisotopic (exact) mass is 416 g/mol. The zero-order valence-corrected chi connectivity index (χ0v) is 16.8. The highest BCUT2D eigenvalue weighted by atomic mass is 35.5. The molecular weight excluding hydrogens is 400 g/mol. The predicted molar refractivity (Wildman–Crippen MR) is 108 cm³/mol. The third-order valence-corrected chi connectivity index (χ3v) is 5.77. The molecule has 0 spiro atoms. The number of carbonyl (C=O) groups excluding carboxylic acids is 1. The van der Waals surface area contributed by atoms with Gasteiger partial charge in [0, 0.05) is 23.3 Å². The molecule has 3 aromatic rings. The van der Waals surface area contributed by atoms with E-state index in [-0.39, 0.29) is 18.5 Å². The number of benzene rings is 2. The number of carbonyl (C=O) groups is 1. The summed E-state index contributed by atoms with van der Waals surface area (Å²) in [5.74, 6) is 2.16. The van der Waals surface area contributed by atoms with Crippen LogP contribution in [-0.4, -0.2) is 33.2 Å². The van der Waals surface area contributed by atoms with Gasteiger partial charge in [0.25, 0.3) is 0 Å². The van der Waals surface area contributed by atoms with E-state index >= 15 is 0 Å². The van der Waals surface area contributed by atoms with Gasteiger partial charge in [-0.25, -0.2) is 0 Å². The van der Waals surface area contributed by atoms with Gasteiger partial charge in [-0.1, -0.05) is 29.4 Å². The lowest BCUT2D eigenvalue weighted by molar-refractivity contribution is -0.113. The van der Waals surface area contributed by atoms with Crippen LogP contribution in [0.2, 0.25) is 5.02 Å². The highest BCUT2D eigenvalue weighted by Crippen LogP contribution is 2.35. The van der Waals surface area contributed by atoms with Crippen LogP contribution in [-0.2, 0) is 11.8 Å². The van der Waals surface area contributed by atoms with Crippen molar-refractivity contribution in [2.24, 2.45) is 7.05 Å². The van der Waals surface area contributed by atoms with Crippen molar-refractivity contribution in [3.05, 3.63) is 47.0 Å². The first-order chi connectivity index (χ1) is 13.5. The number of ether oxygens (including phenoxy) is 2. The van der Waals surface area contributed by atoms with Crippen LogP contribution in [0.5, 0.6) is 11.5 Å². The molecule has 1 aliphatic rings. The lowest BCUT2D eigenvalue weighted by Gasteiger charge is -2.09. The van der Waals surface area contributed by atoms with E-state index in [1.54, 1.807) is 12.1 Å². The molecule has 0 bridgehead atoms. The zero-order valence-electron chi connectivity index (χ0n) is 15.2. The summed E-state index contributed by atoms with van der Waals surface area (Å²) in [6, 6.07) is 11.0. The summed E-state index contributed by atoms with van der Waals surface area (Å²) in [5, 5.41) is 12.6. The fourth-order valence-corrected chi connectivity index (χ4v) is 3.67. The Morgan fingerprint density at radius 1 is 1.25 bits per heavy atom. The van der Waals surface area contributed by atoms with Gasteiger partial charge >= 0.3 is 0 Å². The van der Waals surface area contributed by atoms with Crippen molar-refractivity contribution in [2.45, 2.75) is 12.1 Å². The smallest absolute Gasteiger partial charge is 0.234 e. The molecular formula is C19H17ClN4O3S. The molecule has 1 N–H and O–H groups in total. The van der Waals surface area contributed by atoms with Crippen LogP contribution in [0.1, 0.15) is 5.56 Å². The van der Waals surface area contributed by atoms with Crippen LogP contribution in [0.4, 0.5) is 5.69 Å². The van der Waals surface area contributed by atoms with Gasteiger partial charge in [0.1, 0.15) is 0 Å². The minimum Gasteiger partial charge on any atom is -0.454 e. The van der Waals surface area contributed by atoms with Crippen LogP contribution < -0.4 is 14.8 Å². The third-order valence-electron chi connectivity index (χ3n) is 4.34. The van der Waals surface area contributed by atoms with Gasteiger partial charge in [0.05, 0.1) is 5.75 Å². The van der Waals surface area contributed by atoms with Crippen LogP contribution in [0.25, 0.3) is 11.4 Å². The van der Waals surface area contributed by atoms with Crippen molar-refractivity contribution in [2.75, 3.05) is 17.9 Å². The van der Waals surface area contributed by atoms with Gasteiger partial charge in [0.15, 0.2) is 22.5 Å². The molecule has 0 radical (unpaired) electrons. The number of thioether (sulfide) groups is 1. The van der Waals surface area contributed by atoms with E-state index in [1.807, 2.05) is 42.8 Å². The molecule has 7 nitrogen and oxygen atoms in total. The van der Waals surface area contributed by atoms with Gasteiger partial charge in [-0.3, -0.25) is 4.79 Å². The number of rotatable bonds is 5. The average molecular weight is 417 g/mol. The van der Waals surface area contributed by atoms with Gasteiger partial charge in [-0.15, -0.1) is 10.2 Å². The Labute approximate surface area is 171 Å². The topological polar surface area (TPSA) is 78.3 Å². The van der Waals surface area contributed by atoms with E-state index < -0.39 is 0 Å². The molecule has 1 aliphatic heterocycles. The summed E-state index contributed by atoms with van der Waals surface area (Å²) >= 11 is 7.41. The number of amides is 1. The predicted octanol–water partition coefficient (Wildman–Crippen LogP) is 3.90. The summed E-state index contributed by atoms with van der Waals surface area (Å²) in [4.78, 5) is 12.3. The summed E-state index contributed by atoms with van der Waals surface area (Å²) < 4.78 is 12.6. The van der Waals surface area contributed by atoms with E-state index in [2.05, 4.69) is 15.5 Å². The lowest BCUT2D eigenvalue weighted by atomic mass is 10.2. The number of hydrogen-bond acceptors (Lipinski definition) is 6. The molecule has 0 aliphatic carbocycles. The standard InChI is InChI=1S/C19H17ClN4O3S/c1-11-13(20)4-3-5-14(11)21-17(25)9-28-19-23-22-18(24(19)2)12-6-7-15-16(8-12)27-10-26-15/h3-8H,9-10H2,1-2H3,(H,21,25). The number of aromatic nitrogens is 3. The summed E-state index contributed by atoms with van der Waals surface area (Å²) in [5.41, 5.74) is 2.41. The molecule has 0 atom stereocenters. The Morgan fingerprint density at radius 2 is 2.07 bits per heavy atom. The minimum absolute atomic E-state index is 0.136. The number of anilines is 1. The summed E-state index contributed by atoms with van der Waals surface area (Å²) in [6.45, 7) is 2.09. The first-order valence-corrected chi connectivity index (χ1v) is 9.86. The number of hydrogen-bond donors (Lipinski definition) is 1. The molecule has 0 fully saturated rings. The molecule has 9 heteroatoms. The Balaban J connectivity index is 1.43. The second kappa shape index (κ2) is 7.73. The largest absolute Gasteiger partial charge is 0.454 e. The molecule has 2 aromatic carbocycles. The fraction of sp³-hybridized carbons (Fsp3) is 0.211. The molecule has 0 saturated carbocycles. The maximum absolute atomic E-state index is 12.3. The maximum Gasteiger partial charge on any atom is 0.234 e. The summed E-state index contributed by atoms with van der Waals surface area (Å²) in [6.07, 6.45) is 0.